The summed E-state index contributed by atoms with van der Waals surface area (Å²) < 4.78 is 45.2. The minimum Gasteiger partial charge on any atom is -0.494 e. The average Bonchev–Trinajstić information content (AvgIpc) is 3.43. The first-order valence-electron chi connectivity index (χ1n) is 9.68. The number of hydrogen-bond acceptors (Lipinski definition) is 7. The van der Waals surface area contributed by atoms with Gasteiger partial charge in [0, 0.05) is 5.56 Å². The molecule has 0 radical (unpaired) electrons. The van der Waals surface area contributed by atoms with Gasteiger partial charge in [0.1, 0.15) is 11.9 Å². The van der Waals surface area contributed by atoms with Crippen molar-refractivity contribution in [2.24, 2.45) is 0 Å². The van der Waals surface area contributed by atoms with Gasteiger partial charge in [-0.25, -0.2) is 13.5 Å². The number of aromatic nitrogens is 5. The summed E-state index contributed by atoms with van der Waals surface area (Å²) in [5, 5.41) is 12.2. The normalized spacial score (nSPS) is 15.6. The van der Waals surface area contributed by atoms with Crippen LogP contribution in [0.15, 0.2) is 47.0 Å². The number of halogens is 2. The van der Waals surface area contributed by atoms with Crippen molar-refractivity contribution < 1.29 is 22.8 Å². The van der Waals surface area contributed by atoms with Gasteiger partial charge in [0.15, 0.2) is 17.3 Å². The lowest BCUT2D eigenvalue weighted by Crippen LogP contribution is -2.22. The first kappa shape index (κ1) is 19.3. The molecule has 0 N–H and O–H groups in total. The second-order valence-electron chi connectivity index (χ2n) is 6.92. The van der Waals surface area contributed by atoms with E-state index in [-0.39, 0.29) is 24.4 Å². The van der Waals surface area contributed by atoms with E-state index in [1.54, 1.807) is 4.68 Å². The number of hydrogen-bond donors (Lipinski definition) is 0. The van der Waals surface area contributed by atoms with Crippen LogP contribution in [0.5, 0.6) is 5.75 Å². The molecule has 0 spiro atoms. The molecule has 0 fully saturated rings. The zero-order valence-electron chi connectivity index (χ0n) is 16.5. The van der Waals surface area contributed by atoms with E-state index in [4.69, 9.17) is 14.0 Å². The number of nitrogens with zero attached hydrogens (tertiary/aromatic N) is 5. The molecule has 1 atom stereocenters. The van der Waals surface area contributed by atoms with Gasteiger partial charge in [0.05, 0.1) is 25.5 Å². The molecule has 31 heavy (non-hydrogen) atoms. The van der Waals surface area contributed by atoms with E-state index in [1.807, 2.05) is 31.2 Å². The van der Waals surface area contributed by atoms with Gasteiger partial charge in [-0.3, -0.25) is 0 Å². The van der Waals surface area contributed by atoms with Gasteiger partial charge in [-0.05, 0) is 42.8 Å². The molecular formula is C21H17F2N5O3. The number of ether oxygens (including phenoxy) is 2. The Balaban J connectivity index is 1.36. The van der Waals surface area contributed by atoms with Gasteiger partial charge in [0.25, 0.3) is 5.89 Å². The van der Waals surface area contributed by atoms with Crippen molar-refractivity contribution in [3.63, 3.8) is 0 Å². The third kappa shape index (κ3) is 3.66. The molecule has 0 aliphatic carbocycles. The maximum Gasteiger partial charge on any atom is 0.280 e. The van der Waals surface area contributed by atoms with Crippen LogP contribution >= 0.6 is 0 Å². The third-order valence-corrected chi connectivity index (χ3v) is 4.97. The van der Waals surface area contributed by atoms with Crippen molar-refractivity contribution in [2.45, 2.75) is 26.2 Å². The predicted molar refractivity (Wildman–Crippen MR) is 104 cm³/mol. The highest BCUT2D eigenvalue weighted by Crippen LogP contribution is 2.31. The highest BCUT2D eigenvalue weighted by Gasteiger charge is 2.28. The fraction of sp³-hybridized carbons (Fsp3) is 0.238. The van der Waals surface area contributed by atoms with E-state index in [0.29, 0.717) is 30.1 Å². The van der Waals surface area contributed by atoms with Crippen molar-refractivity contribution in [1.82, 2.24) is 25.1 Å². The molecule has 4 aromatic rings. The Hall–Kier alpha value is -3.66. The Morgan fingerprint density at radius 3 is 2.74 bits per heavy atom. The fourth-order valence-electron chi connectivity index (χ4n) is 3.40. The van der Waals surface area contributed by atoms with Gasteiger partial charge in [-0.15, -0.1) is 5.10 Å². The van der Waals surface area contributed by atoms with E-state index >= 15 is 0 Å². The molecule has 2 aromatic heterocycles. The lowest BCUT2D eigenvalue weighted by Gasteiger charge is -2.24. The number of rotatable bonds is 5. The lowest BCUT2D eigenvalue weighted by atomic mass is 10.1. The maximum absolute atomic E-state index is 13.5. The first-order chi connectivity index (χ1) is 15.1. The van der Waals surface area contributed by atoms with E-state index in [0.717, 1.165) is 23.4 Å². The third-order valence-electron chi connectivity index (χ3n) is 4.97. The van der Waals surface area contributed by atoms with Crippen molar-refractivity contribution >= 4 is 0 Å². The van der Waals surface area contributed by atoms with E-state index in [1.165, 1.54) is 6.07 Å². The molecule has 1 aliphatic heterocycles. The SMILES string of the molecule is CCOc1ccc(C2Cn3nnc(-c4nc(-c5ccc(F)c(F)c5)no4)c3CO2)cc1. The molecule has 1 unspecified atom stereocenters. The first-order valence-corrected chi connectivity index (χ1v) is 9.68. The van der Waals surface area contributed by atoms with Crippen molar-refractivity contribution in [1.29, 1.82) is 0 Å². The van der Waals surface area contributed by atoms with Gasteiger partial charge >= 0.3 is 0 Å². The number of benzene rings is 2. The quantitative estimate of drug-likeness (QED) is 0.478. The smallest absolute Gasteiger partial charge is 0.280 e. The van der Waals surface area contributed by atoms with E-state index in [2.05, 4.69) is 20.5 Å². The maximum atomic E-state index is 13.5. The summed E-state index contributed by atoms with van der Waals surface area (Å²) in [6, 6.07) is 11.1. The molecule has 2 aromatic carbocycles. The fourth-order valence-corrected chi connectivity index (χ4v) is 3.40. The van der Waals surface area contributed by atoms with Crippen LogP contribution in [0.4, 0.5) is 8.78 Å². The molecule has 8 nitrogen and oxygen atoms in total. The van der Waals surface area contributed by atoms with Crippen LogP contribution in [0.3, 0.4) is 0 Å². The molecule has 10 heteroatoms. The van der Waals surface area contributed by atoms with Crippen LogP contribution < -0.4 is 4.74 Å². The molecule has 0 saturated carbocycles. The Labute approximate surface area is 175 Å². The standard InChI is InChI=1S/C21H17F2N5O3/c1-2-29-14-6-3-12(4-7-14)18-10-28-17(11-30-18)19(25-27-28)21-24-20(26-31-21)13-5-8-15(22)16(23)9-13/h3-9,18H,2,10-11H2,1H3. The molecule has 158 valence electrons. The van der Waals surface area contributed by atoms with Gasteiger partial charge in [-0.2, -0.15) is 4.98 Å². The van der Waals surface area contributed by atoms with Gasteiger partial charge < -0.3 is 14.0 Å². The summed E-state index contributed by atoms with van der Waals surface area (Å²) >= 11 is 0. The summed E-state index contributed by atoms with van der Waals surface area (Å²) in [4.78, 5) is 4.25. The molecular weight excluding hydrogens is 408 g/mol. The number of fused-ring (bicyclic) bond motifs is 1. The van der Waals surface area contributed by atoms with Crippen LogP contribution in [-0.2, 0) is 17.9 Å². The van der Waals surface area contributed by atoms with Gasteiger partial charge in [-0.1, -0.05) is 22.5 Å². The van der Waals surface area contributed by atoms with Crippen LogP contribution in [0, 0.1) is 11.6 Å². The highest BCUT2D eigenvalue weighted by atomic mass is 19.2. The predicted octanol–water partition coefficient (Wildman–Crippen LogP) is 3.94. The van der Waals surface area contributed by atoms with Crippen LogP contribution in [0.2, 0.25) is 0 Å². The molecule has 0 saturated heterocycles. The molecule has 5 rings (SSSR count). The van der Waals surface area contributed by atoms with E-state index in [9.17, 15) is 8.78 Å². The highest BCUT2D eigenvalue weighted by molar-refractivity contribution is 5.58. The van der Waals surface area contributed by atoms with E-state index < -0.39 is 11.6 Å². The Morgan fingerprint density at radius 1 is 1.13 bits per heavy atom. The lowest BCUT2D eigenvalue weighted by molar-refractivity contribution is -0.00119. The Bertz CT molecular complexity index is 1220. The average molecular weight is 425 g/mol. The van der Waals surface area contributed by atoms with Crippen molar-refractivity contribution in [3.8, 4) is 28.7 Å². The van der Waals surface area contributed by atoms with Crippen molar-refractivity contribution in [2.75, 3.05) is 6.61 Å². The van der Waals surface area contributed by atoms with Crippen LogP contribution in [0.1, 0.15) is 24.3 Å². The molecule has 3 heterocycles. The zero-order chi connectivity index (χ0) is 21.4. The van der Waals surface area contributed by atoms with Gasteiger partial charge in [0.2, 0.25) is 5.82 Å². The zero-order valence-corrected chi connectivity index (χ0v) is 16.5. The summed E-state index contributed by atoms with van der Waals surface area (Å²) in [7, 11) is 0. The summed E-state index contributed by atoms with van der Waals surface area (Å²) in [6.07, 6.45) is -0.182. The summed E-state index contributed by atoms with van der Waals surface area (Å²) in [5.41, 5.74) is 2.39. The summed E-state index contributed by atoms with van der Waals surface area (Å²) in [6.45, 7) is 3.27. The van der Waals surface area contributed by atoms with Crippen molar-refractivity contribution in [3.05, 3.63) is 65.4 Å². The minimum absolute atomic E-state index is 0.125. The molecule has 1 aliphatic rings. The van der Waals surface area contributed by atoms with Crippen LogP contribution in [0.25, 0.3) is 23.0 Å². The second kappa shape index (κ2) is 7.88. The second-order valence-corrected chi connectivity index (χ2v) is 6.92. The molecule has 0 bridgehead atoms. The van der Waals surface area contributed by atoms with Crippen LogP contribution in [-0.4, -0.2) is 31.7 Å². The summed E-state index contributed by atoms with van der Waals surface area (Å²) in [5.74, 6) is -0.875. The monoisotopic (exact) mass is 425 g/mol. The topological polar surface area (TPSA) is 88.1 Å². The minimum atomic E-state index is -0.987. The Kier molecular flexibility index (Phi) is 4.91. The largest absolute Gasteiger partial charge is 0.494 e. The Morgan fingerprint density at radius 2 is 1.97 bits per heavy atom. The molecule has 0 amide bonds.